The average Bonchev–Trinajstić information content (AvgIpc) is 3.18. The summed E-state index contributed by atoms with van der Waals surface area (Å²) in [5.41, 5.74) is 1.44. The first-order valence-electron chi connectivity index (χ1n) is 8.37. The van der Waals surface area contributed by atoms with Gasteiger partial charge in [0.2, 0.25) is 0 Å². The van der Waals surface area contributed by atoms with Crippen LogP contribution in [0.25, 0.3) is 0 Å². The average molecular weight is 364 g/mol. The van der Waals surface area contributed by atoms with Crippen LogP contribution in [0.1, 0.15) is 18.4 Å². The van der Waals surface area contributed by atoms with E-state index in [1.54, 1.807) is 18.2 Å². The molecule has 3 fully saturated rings. The van der Waals surface area contributed by atoms with Gasteiger partial charge in [0.05, 0.1) is 11.8 Å². The van der Waals surface area contributed by atoms with Crippen molar-refractivity contribution in [2.45, 2.75) is 25.9 Å². The first-order chi connectivity index (χ1) is 11.9. The summed E-state index contributed by atoms with van der Waals surface area (Å²) < 4.78 is 10.5. The molecule has 1 heterocycles. The zero-order chi connectivity index (χ0) is 17.7. The van der Waals surface area contributed by atoms with Crippen molar-refractivity contribution in [2.24, 2.45) is 23.7 Å². The van der Waals surface area contributed by atoms with Crippen LogP contribution in [-0.4, -0.2) is 30.6 Å². The molecule has 7 heteroatoms. The van der Waals surface area contributed by atoms with E-state index in [2.05, 4.69) is 5.32 Å². The van der Waals surface area contributed by atoms with Crippen LogP contribution in [0.3, 0.4) is 0 Å². The molecule has 2 aliphatic carbocycles. The van der Waals surface area contributed by atoms with E-state index in [9.17, 15) is 14.4 Å². The maximum atomic E-state index is 12.4. The van der Waals surface area contributed by atoms with Crippen molar-refractivity contribution in [3.63, 3.8) is 0 Å². The normalized spacial score (nSPS) is 31.8. The first kappa shape index (κ1) is 16.4. The molecule has 0 aromatic heterocycles. The van der Waals surface area contributed by atoms with E-state index in [1.807, 2.05) is 6.92 Å². The van der Waals surface area contributed by atoms with E-state index in [0.717, 1.165) is 18.4 Å². The van der Waals surface area contributed by atoms with Crippen molar-refractivity contribution in [3.8, 4) is 0 Å². The van der Waals surface area contributed by atoms with E-state index >= 15 is 0 Å². The molecular weight excluding hydrogens is 346 g/mol. The summed E-state index contributed by atoms with van der Waals surface area (Å²) in [6.07, 6.45) is 1.52. The lowest BCUT2D eigenvalue weighted by Gasteiger charge is -2.22. The quantitative estimate of drug-likeness (QED) is 0.830. The number of aryl methyl sites for hydroxylation is 1. The zero-order valence-electron chi connectivity index (χ0n) is 13.7. The molecule has 0 radical (unpaired) electrons. The van der Waals surface area contributed by atoms with Gasteiger partial charge in [0, 0.05) is 16.6 Å². The Hall–Kier alpha value is -2.08. The lowest BCUT2D eigenvalue weighted by molar-refractivity contribution is -0.157. The van der Waals surface area contributed by atoms with Crippen molar-refractivity contribution in [1.82, 2.24) is 0 Å². The van der Waals surface area contributed by atoms with Crippen molar-refractivity contribution in [3.05, 3.63) is 28.8 Å². The SMILES string of the molecule is Cc1ccc(Cl)cc1NC(=O)COC(=O)[C@@H]1[C@@H]2C[C@@H]3[C@@H]1C(=O)O[C@@H]3C2. The molecule has 5 atom stereocenters. The summed E-state index contributed by atoms with van der Waals surface area (Å²) in [7, 11) is 0. The molecule has 1 aliphatic heterocycles. The molecule has 25 heavy (non-hydrogen) atoms. The van der Waals surface area contributed by atoms with Gasteiger partial charge in [0.1, 0.15) is 6.10 Å². The molecule has 0 spiro atoms. The monoisotopic (exact) mass is 363 g/mol. The number of esters is 2. The highest BCUT2D eigenvalue weighted by Crippen LogP contribution is 2.57. The minimum absolute atomic E-state index is 0.0272. The van der Waals surface area contributed by atoms with Crippen LogP contribution in [0.15, 0.2) is 18.2 Å². The molecule has 2 bridgehead atoms. The Bertz CT molecular complexity index is 762. The van der Waals surface area contributed by atoms with Gasteiger partial charge in [-0.2, -0.15) is 0 Å². The largest absolute Gasteiger partial charge is 0.462 e. The van der Waals surface area contributed by atoms with E-state index in [1.165, 1.54) is 0 Å². The van der Waals surface area contributed by atoms with Gasteiger partial charge in [0.25, 0.3) is 5.91 Å². The molecule has 1 aromatic rings. The molecule has 1 amide bonds. The van der Waals surface area contributed by atoms with Gasteiger partial charge in [-0.05, 0) is 43.4 Å². The number of amides is 1. The van der Waals surface area contributed by atoms with E-state index in [0.29, 0.717) is 10.7 Å². The summed E-state index contributed by atoms with van der Waals surface area (Å²) in [4.78, 5) is 36.4. The van der Waals surface area contributed by atoms with Crippen LogP contribution in [0.2, 0.25) is 5.02 Å². The Morgan fingerprint density at radius 1 is 1.36 bits per heavy atom. The lowest BCUT2D eigenvalue weighted by atomic mass is 9.80. The fraction of sp³-hybridized carbons (Fsp3) is 0.500. The predicted octanol–water partition coefficient (Wildman–Crippen LogP) is 2.33. The first-order valence-corrected chi connectivity index (χ1v) is 8.75. The van der Waals surface area contributed by atoms with Crippen LogP contribution < -0.4 is 5.32 Å². The van der Waals surface area contributed by atoms with Crippen LogP contribution in [0.5, 0.6) is 0 Å². The molecular formula is C18H18ClNO5. The fourth-order valence-electron chi connectivity index (χ4n) is 4.47. The van der Waals surface area contributed by atoms with Gasteiger partial charge < -0.3 is 14.8 Å². The van der Waals surface area contributed by atoms with Crippen LogP contribution in [0.4, 0.5) is 5.69 Å². The number of fused-ring (bicyclic) bond motifs is 1. The standard InChI is InChI=1S/C18H18ClNO5/c1-8-2-3-10(19)6-12(8)20-14(21)7-24-17(22)15-9-4-11-13(5-9)25-18(23)16(11)15/h2-3,6,9,11,13,15-16H,4-5,7H2,1H3,(H,20,21)/t9-,11+,13-,15-,16+/m1/s1. The lowest BCUT2D eigenvalue weighted by Crippen LogP contribution is -2.35. The van der Waals surface area contributed by atoms with E-state index < -0.39 is 23.7 Å². The number of nitrogens with one attached hydrogen (secondary N) is 1. The third kappa shape index (κ3) is 2.78. The molecule has 3 aliphatic rings. The highest BCUT2D eigenvalue weighted by molar-refractivity contribution is 6.31. The number of rotatable bonds is 4. The highest BCUT2D eigenvalue weighted by Gasteiger charge is 2.64. The summed E-state index contributed by atoms with van der Waals surface area (Å²) in [6, 6.07) is 5.16. The molecule has 1 aromatic carbocycles. The molecule has 6 nitrogen and oxygen atoms in total. The Morgan fingerprint density at radius 2 is 2.16 bits per heavy atom. The number of halogens is 1. The van der Waals surface area contributed by atoms with Gasteiger partial charge in [-0.3, -0.25) is 14.4 Å². The molecule has 132 valence electrons. The summed E-state index contributed by atoms with van der Waals surface area (Å²) in [6.45, 7) is 1.46. The Balaban J connectivity index is 1.35. The van der Waals surface area contributed by atoms with E-state index in [-0.39, 0.29) is 30.5 Å². The van der Waals surface area contributed by atoms with Gasteiger partial charge in [-0.1, -0.05) is 17.7 Å². The third-order valence-corrected chi connectivity index (χ3v) is 5.81. The maximum absolute atomic E-state index is 12.4. The van der Waals surface area contributed by atoms with Crippen molar-refractivity contribution >= 4 is 35.1 Å². The van der Waals surface area contributed by atoms with Gasteiger partial charge in [-0.15, -0.1) is 0 Å². The Morgan fingerprint density at radius 3 is 2.96 bits per heavy atom. The second-order valence-corrected chi connectivity index (χ2v) is 7.47. The number of ether oxygens (including phenoxy) is 2. The maximum Gasteiger partial charge on any atom is 0.310 e. The number of hydrogen-bond donors (Lipinski definition) is 1. The molecule has 1 saturated heterocycles. The minimum Gasteiger partial charge on any atom is -0.462 e. The third-order valence-electron chi connectivity index (χ3n) is 5.57. The van der Waals surface area contributed by atoms with Crippen LogP contribution in [-0.2, 0) is 23.9 Å². The van der Waals surface area contributed by atoms with Crippen molar-refractivity contribution in [1.29, 1.82) is 0 Å². The smallest absolute Gasteiger partial charge is 0.310 e. The predicted molar refractivity (Wildman–Crippen MR) is 88.9 cm³/mol. The van der Waals surface area contributed by atoms with Crippen LogP contribution in [0, 0.1) is 30.6 Å². The number of carbonyl (C=O) groups is 3. The Labute approximate surface area is 149 Å². The van der Waals surface area contributed by atoms with Crippen LogP contribution >= 0.6 is 11.6 Å². The molecule has 1 N–H and O–H groups in total. The molecule has 4 rings (SSSR count). The number of anilines is 1. The fourth-order valence-corrected chi connectivity index (χ4v) is 4.65. The molecule has 0 unspecified atom stereocenters. The minimum atomic E-state index is -0.479. The zero-order valence-corrected chi connectivity index (χ0v) is 14.4. The van der Waals surface area contributed by atoms with E-state index in [4.69, 9.17) is 21.1 Å². The van der Waals surface area contributed by atoms with Crippen molar-refractivity contribution < 1.29 is 23.9 Å². The second kappa shape index (κ2) is 6.02. The number of carbonyl (C=O) groups excluding carboxylic acids is 3. The van der Waals surface area contributed by atoms with Crippen molar-refractivity contribution in [2.75, 3.05) is 11.9 Å². The summed E-state index contributed by atoms with van der Waals surface area (Å²) >= 11 is 5.92. The van der Waals surface area contributed by atoms with Gasteiger partial charge in [-0.25, -0.2) is 0 Å². The number of benzene rings is 1. The summed E-state index contributed by atoms with van der Waals surface area (Å²) in [5, 5.41) is 3.19. The topological polar surface area (TPSA) is 81.7 Å². The van der Waals surface area contributed by atoms with Gasteiger partial charge >= 0.3 is 11.9 Å². The molecule has 2 saturated carbocycles. The summed E-state index contributed by atoms with van der Waals surface area (Å²) in [5.74, 6) is -1.82. The Kier molecular flexibility index (Phi) is 3.95. The highest BCUT2D eigenvalue weighted by atomic mass is 35.5. The second-order valence-electron chi connectivity index (χ2n) is 7.04. The van der Waals surface area contributed by atoms with Gasteiger partial charge in [0.15, 0.2) is 6.61 Å². The number of hydrogen-bond acceptors (Lipinski definition) is 5.